The first-order valence-electron chi connectivity index (χ1n) is 15.2. The van der Waals surface area contributed by atoms with Gasteiger partial charge in [-0.1, -0.05) is 97.1 Å². The lowest BCUT2D eigenvalue weighted by Gasteiger charge is -2.11. The molecule has 0 fully saturated rings. The van der Waals surface area contributed by atoms with Crippen LogP contribution >= 0.6 is 0 Å². The third kappa shape index (κ3) is 4.43. The molecule has 0 saturated heterocycles. The van der Waals surface area contributed by atoms with E-state index in [1.165, 1.54) is 5.39 Å². The predicted octanol–water partition coefficient (Wildman–Crippen LogP) is 9.78. The summed E-state index contributed by atoms with van der Waals surface area (Å²) in [4.78, 5) is 19.4. The first kappa shape index (κ1) is 26.0. The molecule has 9 rings (SSSR count). The van der Waals surface area contributed by atoms with Crippen LogP contribution < -0.4 is 0 Å². The van der Waals surface area contributed by atoms with E-state index in [0.29, 0.717) is 23.4 Å². The van der Waals surface area contributed by atoms with E-state index >= 15 is 0 Å². The van der Waals surface area contributed by atoms with Crippen LogP contribution in [0.4, 0.5) is 0 Å². The van der Waals surface area contributed by atoms with Crippen molar-refractivity contribution in [3.05, 3.63) is 152 Å². The maximum Gasteiger partial charge on any atom is 0.227 e. The standard InChI is InChI=1S/C40H25N5O/c1-3-11-26(12-4-1)37-42-38(27-13-5-2-6-14-27)44-39(43-37)28-19-22-30(23-20-28)45-34-17-9-7-15-31(34)32-24-21-29(25-35(32)45)40-41-33-16-8-10-18-36(33)46-40/h1-25H. The quantitative estimate of drug-likeness (QED) is 0.199. The van der Waals surface area contributed by atoms with Crippen molar-refractivity contribution in [3.63, 3.8) is 0 Å². The molecule has 0 aliphatic rings. The predicted molar refractivity (Wildman–Crippen MR) is 183 cm³/mol. The van der Waals surface area contributed by atoms with Crippen molar-refractivity contribution in [2.45, 2.75) is 0 Å². The number of benzene rings is 6. The average Bonchev–Trinajstić information content (AvgIpc) is 3.72. The summed E-state index contributed by atoms with van der Waals surface area (Å²) in [5.74, 6) is 2.51. The van der Waals surface area contributed by atoms with Crippen molar-refractivity contribution in [1.82, 2.24) is 24.5 Å². The van der Waals surface area contributed by atoms with E-state index in [9.17, 15) is 0 Å². The molecule has 0 atom stereocenters. The summed E-state index contributed by atoms with van der Waals surface area (Å²) in [7, 11) is 0. The van der Waals surface area contributed by atoms with Crippen molar-refractivity contribution < 1.29 is 4.42 Å². The zero-order chi connectivity index (χ0) is 30.5. The Kier molecular flexibility index (Phi) is 6.03. The molecule has 0 spiro atoms. The second kappa shape index (κ2) is 10.6. The van der Waals surface area contributed by atoms with Crippen LogP contribution in [0.1, 0.15) is 0 Å². The Morgan fingerprint density at radius 2 is 0.957 bits per heavy atom. The minimum atomic E-state index is 0.605. The van der Waals surface area contributed by atoms with E-state index in [1.807, 2.05) is 84.9 Å². The molecule has 0 aliphatic carbocycles. The highest BCUT2D eigenvalue weighted by molar-refractivity contribution is 6.10. The average molecular weight is 592 g/mol. The van der Waals surface area contributed by atoms with E-state index in [2.05, 4.69) is 71.3 Å². The number of hydrogen-bond donors (Lipinski definition) is 0. The van der Waals surface area contributed by atoms with Gasteiger partial charge in [0.25, 0.3) is 0 Å². The molecular weight excluding hydrogens is 566 g/mol. The monoisotopic (exact) mass is 591 g/mol. The third-order valence-corrected chi connectivity index (χ3v) is 8.30. The zero-order valence-electron chi connectivity index (χ0n) is 24.6. The van der Waals surface area contributed by atoms with Crippen LogP contribution in [0, 0.1) is 0 Å². The third-order valence-electron chi connectivity index (χ3n) is 8.30. The van der Waals surface area contributed by atoms with Crippen LogP contribution in [0.3, 0.4) is 0 Å². The van der Waals surface area contributed by atoms with Crippen molar-refractivity contribution in [2.75, 3.05) is 0 Å². The number of oxazole rings is 1. The van der Waals surface area contributed by atoms with E-state index < -0.39 is 0 Å². The van der Waals surface area contributed by atoms with Gasteiger partial charge in [0.05, 0.1) is 11.0 Å². The van der Waals surface area contributed by atoms with E-state index in [0.717, 1.165) is 55.5 Å². The first-order valence-corrected chi connectivity index (χ1v) is 15.2. The second-order valence-corrected chi connectivity index (χ2v) is 11.2. The topological polar surface area (TPSA) is 69.6 Å². The Hall–Kier alpha value is -6.40. The molecule has 6 aromatic carbocycles. The Labute approximate surface area is 264 Å². The molecule has 0 saturated carbocycles. The molecule has 9 aromatic rings. The van der Waals surface area contributed by atoms with E-state index in [4.69, 9.17) is 24.4 Å². The van der Waals surface area contributed by atoms with Gasteiger partial charge >= 0.3 is 0 Å². The highest BCUT2D eigenvalue weighted by Crippen LogP contribution is 2.36. The molecule has 0 bridgehead atoms. The Bertz CT molecular complexity index is 2430. The van der Waals surface area contributed by atoms with E-state index in [1.54, 1.807) is 0 Å². The number of para-hydroxylation sites is 3. The Balaban J connectivity index is 1.17. The molecule has 3 heterocycles. The Morgan fingerprint density at radius 1 is 0.413 bits per heavy atom. The van der Waals surface area contributed by atoms with Gasteiger partial charge in [-0.15, -0.1) is 0 Å². The van der Waals surface area contributed by atoms with Crippen molar-refractivity contribution in [2.24, 2.45) is 0 Å². The van der Waals surface area contributed by atoms with E-state index in [-0.39, 0.29) is 0 Å². The van der Waals surface area contributed by atoms with Gasteiger partial charge in [-0.2, -0.15) is 0 Å². The van der Waals surface area contributed by atoms with Crippen molar-refractivity contribution >= 4 is 32.9 Å². The van der Waals surface area contributed by atoms with Crippen molar-refractivity contribution in [3.8, 4) is 51.3 Å². The summed E-state index contributed by atoms with van der Waals surface area (Å²) >= 11 is 0. The highest BCUT2D eigenvalue weighted by atomic mass is 16.3. The van der Waals surface area contributed by atoms with Gasteiger partial charge in [0.1, 0.15) is 5.52 Å². The molecule has 0 unspecified atom stereocenters. The van der Waals surface area contributed by atoms with Gasteiger partial charge in [-0.05, 0) is 54.6 Å². The number of fused-ring (bicyclic) bond motifs is 4. The molecular formula is C40H25N5O. The second-order valence-electron chi connectivity index (χ2n) is 11.2. The molecule has 0 radical (unpaired) electrons. The minimum absolute atomic E-state index is 0.605. The summed E-state index contributed by atoms with van der Waals surface area (Å²) < 4.78 is 8.42. The van der Waals surface area contributed by atoms with Gasteiger partial charge in [0, 0.05) is 38.7 Å². The minimum Gasteiger partial charge on any atom is -0.436 e. The lowest BCUT2D eigenvalue weighted by atomic mass is 10.1. The molecule has 0 aliphatic heterocycles. The normalized spacial score (nSPS) is 11.5. The molecule has 3 aromatic heterocycles. The molecule has 216 valence electrons. The number of aromatic nitrogens is 5. The molecule has 46 heavy (non-hydrogen) atoms. The van der Waals surface area contributed by atoms with Gasteiger partial charge < -0.3 is 8.98 Å². The molecule has 0 N–H and O–H groups in total. The number of nitrogens with zero attached hydrogens (tertiary/aromatic N) is 5. The van der Waals surface area contributed by atoms with Crippen LogP contribution in [-0.4, -0.2) is 24.5 Å². The van der Waals surface area contributed by atoms with Crippen LogP contribution in [0.5, 0.6) is 0 Å². The van der Waals surface area contributed by atoms with Crippen LogP contribution in [0.25, 0.3) is 84.2 Å². The van der Waals surface area contributed by atoms with Crippen LogP contribution in [-0.2, 0) is 0 Å². The lowest BCUT2D eigenvalue weighted by molar-refractivity contribution is 0.620. The van der Waals surface area contributed by atoms with Crippen molar-refractivity contribution in [1.29, 1.82) is 0 Å². The maximum atomic E-state index is 6.13. The largest absolute Gasteiger partial charge is 0.436 e. The molecule has 0 amide bonds. The fraction of sp³-hybridized carbons (Fsp3) is 0. The van der Waals surface area contributed by atoms with Crippen LogP contribution in [0.2, 0.25) is 0 Å². The smallest absolute Gasteiger partial charge is 0.227 e. The fourth-order valence-electron chi connectivity index (χ4n) is 6.07. The van der Waals surface area contributed by atoms with Gasteiger partial charge in [0.2, 0.25) is 5.89 Å². The maximum absolute atomic E-state index is 6.13. The SMILES string of the molecule is c1ccc(-c2nc(-c3ccccc3)nc(-c3ccc(-n4c5ccccc5c5ccc(-c6nc7ccccc7o6)cc54)cc3)n2)cc1. The fourth-order valence-corrected chi connectivity index (χ4v) is 6.07. The summed E-state index contributed by atoms with van der Waals surface area (Å²) in [6.45, 7) is 0. The highest BCUT2D eigenvalue weighted by Gasteiger charge is 2.17. The summed E-state index contributed by atoms with van der Waals surface area (Å²) in [6.07, 6.45) is 0. The zero-order valence-corrected chi connectivity index (χ0v) is 24.6. The van der Waals surface area contributed by atoms with Gasteiger partial charge in [-0.25, -0.2) is 19.9 Å². The summed E-state index contributed by atoms with van der Waals surface area (Å²) in [6, 6.07) is 51.2. The van der Waals surface area contributed by atoms with Crippen LogP contribution in [0.15, 0.2) is 156 Å². The number of rotatable bonds is 5. The van der Waals surface area contributed by atoms with Gasteiger partial charge in [-0.3, -0.25) is 0 Å². The summed E-state index contributed by atoms with van der Waals surface area (Å²) in [5, 5.41) is 2.35. The van der Waals surface area contributed by atoms with Gasteiger partial charge in [0.15, 0.2) is 23.1 Å². The molecule has 6 heteroatoms. The Morgan fingerprint density at radius 3 is 1.63 bits per heavy atom. The lowest BCUT2D eigenvalue weighted by Crippen LogP contribution is -2.00. The molecule has 6 nitrogen and oxygen atoms in total. The number of hydrogen-bond acceptors (Lipinski definition) is 5. The summed E-state index contributed by atoms with van der Waals surface area (Å²) in [5.41, 5.74) is 8.58. The first-order chi connectivity index (χ1) is 22.8.